The topological polar surface area (TPSA) is 67.2 Å². The van der Waals surface area contributed by atoms with Crippen LogP contribution < -0.4 is 5.32 Å². The van der Waals surface area contributed by atoms with Crippen LogP contribution in [0.4, 0.5) is 18.9 Å². The smallest absolute Gasteiger partial charge is 0.436 e. The van der Waals surface area contributed by atoms with Gasteiger partial charge < -0.3 is 10.4 Å². The number of aromatic nitrogens is 2. The Labute approximate surface area is 134 Å². The van der Waals surface area contributed by atoms with Crippen molar-refractivity contribution in [1.82, 2.24) is 9.78 Å². The van der Waals surface area contributed by atoms with Gasteiger partial charge in [-0.3, -0.25) is 9.48 Å². The second-order valence-electron chi connectivity index (χ2n) is 4.82. The molecule has 0 radical (unpaired) electrons. The van der Waals surface area contributed by atoms with Gasteiger partial charge in [0, 0.05) is 18.2 Å². The van der Waals surface area contributed by atoms with E-state index in [0.717, 1.165) is 4.68 Å². The molecule has 0 saturated carbocycles. The number of rotatable bonds is 4. The van der Waals surface area contributed by atoms with Crippen LogP contribution in [0.2, 0.25) is 5.02 Å². The van der Waals surface area contributed by atoms with Gasteiger partial charge in [0.15, 0.2) is 5.69 Å². The molecule has 5 nitrogen and oxygen atoms in total. The Morgan fingerprint density at radius 1 is 1.43 bits per heavy atom. The van der Waals surface area contributed by atoms with Crippen molar-refractivity contribution in [3.8, 4) is 5.75 Å². The summed E-state index contributed by atoms with van der Waals surface area (Å²) in [5, 5.41) is 14.8. The Morgan fingerprint density at radius 2 is 2.13 bits per heavy atom. The minimum Gasteiger partial charge on any atom is -0.508 e. The number of hydrogen-bond donors (Lipinski definition) is 2. The van der Waals surface area contributed by atoms with Crippen LogP contribution in [-0.4, -0.2) is 20.8 Å². The number of phenols is 1. The molecule has 9 heteroatoms. The van der Waals surface area contributed by atoms with Gasteiger partial charge in [-0.1, -0.05) is 17.7 Å². The van der Waals surface area contributed by atoms with Crippen LogP contribution in [0.3, 0.4) is 0 Å². The third-order valence-corrected chi connectivity index (χ3v) is 3.54. The monoisotopic (exact) mass is 347 g/mol. The molecule has 2 aromatic rings. The number of aryl methyl sites for hydroxylation is 1. The van der Waals surface area contributed by atoms with Gasteiger partial charge in [0.2, 0.25) is 5.91 Å². The van der Waals surface area contributed by atoms with Gasteiger partial charge in [-0.2, -0.15) is 18.3 Å². The molecule has 124 valence electrons. The molecular formula is C14H13ClF3N3O2. The Kier molecular flexibility index (Phi) is 4.84. The molecular weight excluding hydrogens is 335 g/mol. The molecule has 2 N–H and O–H groups in total. The van der Waals surface area contributed by atoms with Crippen LogP contribution in [-0.2, 0) is 17.5 Å². The van der Waals surface area contributed by atoms with Crippen LogP contribution in [0.15, 0.2) is 24.3 Å². The van der Waals surface area contributed by atoms with E-state index in [1.807, 2.05) is 0 Å². The molecule has 0 aliphatic rings. The molecule has 1 aromatic heterocycles. The fourth-order valence-corrected chi connectivity index (χ4v) is 2.18. The number of carbonyl (C=O) groups is 1. The Bertz CT molecular complexity index is 729. The molecule has 0 aliphatic carbocycles. The molecule has 0 atom stereocenters. The number of aromatic hydroxyl groups is 1. The van der Waals surface area contributed by atoms with Crippen LogP contribution in [0, 0.1) is 6.92 Å². The zero-order chi connectivity index (χ0) is 17.2. The first-order chi connectivity index (χ1) is 10.7. The van der Waals surface area contributed by atoms with E-state index in [4.69, 9.17) is 11.6 Å². The lowest BCUT2D eigenvalue weighted by Crippen LogP contribution is -2.16. The quantitative estimate of drug-likeness (QED) is 0.888. The van der Waals surface area contributed by atoms with Crippen molar-refractivity contribution in [2.75, 3.05) is 5.32 Å². The van der Waals surface area contributed by atoms with Gasteiger partial charge in [0.1, 0.15) is 5.75 Å². The largest absolute Gasteiger partial charge is 0.508 e. The molecule has 23 heavy (non-hydrogen) atoms. The van der Waals surface area contributed by atoms with E-state index < -0.39 is 22.8 Å². The number of anilines is 1. The van der Waals surface area contributed by atoms with E-state index in [-0.39, 0.29) is 24.4 Å². The highest BCUT2D eigenvalue weighted by Crippen LogP contribution is 2.35. The van der Waals surface area contributed by atoms with Crippen molar-refractivity contribution in [3.63, 3.8) is 0 Å². The highest BCUT2D eigenvalue weighted by Gasteiger charge is 2.38. The molecule has 1 aromatic carbocycles. The number of phenolic OH excluding ortho intramolecular Hbond substituents is 1. The van der Waals surface area contributed by atoms with E-state index in [0.29, 0.717) is 5.69 Å². The minimum absolute atomic E-state index is 0.00711. The zero-order valence-corrected chi connectivity index (χ0v) is 12.7. The summed E-state index contributed by atoms with van der Waals surface area (Å²) in [6.07, 6.45) is -4.73. The molecule has 2 rings (SSSR count). The molecule has 0 aliphatic heterocycles. The molecule has 1 heterocycles. The highest BCUT2D eigenvalue weighted by atomic mass is 35.5. The van der Waals surface area contributed by atoms with Crippen molar-refractivity contribution in [3.05, 3.63) is 40.7 Å². The van der Waals surface area contributed by atoms with Crippen molar-refractivity contribution in [2.24, 2.45) is 0 Å². The number of alkyl halides is 3. The summed E-state index contributed by atoms with van der Waals surface area (Å²) in [7, 11) is 0. The third-order valence-electron chi connectivity index (χ3n) is 3.08. The van der Waals surface area contributed by atoms with Crippen LogP contribution >= 0.6 is 11.6 Å². The second-order valence-corrected chi connectivity index (χ2v) is 5.20. The van der Waals surface area contributed by atoms with E-state index in [1.165, 1.54) is 19.1 Å². The lowest BCUT2D eigenvalue weighted by Gasteiger charge is -2.07. The first-order valence-electron chi connectivity index (χ1n) is 6.57. The van der Waals surface area contributed by atoms with E-state index in [2.05, 4.69) is 10.4 Å². The zero-order valence-electron chi connectivity index (χ0n) is 12.0. The summed E-state index contributed by atoms with van der Waals surface area (Å²) in [6, 6.07) is 5.94. The van der Waals surface area contributed by atoms with Gasteiger partial charge in [-0.25, -0.2) is 0 Å². The number of nitrogens with zero attached hydrogens (tertiary/aromatic N) is 2. The maximum atomic E-state index is 12.7. The van der Waals surface area contributed by atoms with Crippen molar-refractivity contribution >= 4 is 23.2 Å². The number of nitrogens with one attached hydrogen (secondary N) is 1. The number of hydrogen-bond acceptors (Lipinski definition) is 3. The molecule has 0 spiro atoms. The Balaban J connectivity index is 2.02. The average molecular weight is 348 g/mol. The average Bonchev–Trinajstić information content (AvgIpc) is 2.73. The predicted octanol–water partition coefficient (Wildman–Crippen LogP) is 3.60. The van der Waals surface area contributed by atoms with Crippen molar-refractivity contribution < 1.29 is 23.1 Å². The molecule has 1 amide bonds. The summed E-state index contributed by atoms with van der Waals surface area (Å²) >= 11 is 5.63. The second kappa shape index (κ2) is 6.49. The van der Waals surface area contributed by atoms with Gasteiger partial charge in [0.05, 0.1) is 17.3 Å². The maximum absolute atomic E-state index is 12.7. The Morgan fingerprint density at radius 3 is 2.70 bits per heavy atom. The van der Waals surface area contributed by atoms with E-state index in [9.17, 15) is 23.1 Å². The fourth-order valence-electron chi connectivity index (χ4n) is 1.94. The fraction of sp³-hybridized carbons (Fsp3) is 0.286. The molecule has 0 fully saturated rings. The van der Waals surface area contributed by atoms with Gasteiger partial charge >= 0.3 is 6.18 Å². The van der Waals surface area contributed by atoms with Crippen molar-refractivity contribution in [1.29, 1.82) is 0 Å². The van der Waals surface area contributed by atoms with Gasteiger partial charge in [0.25, 0.3) is 0 Å². The summed E-state index contributed by atoms with van der Waals surface area (Å²) in [4.78, 5) is 11.8. The summed E-state index contributed by atoms with van der Waals surface area (Å²) in [6.45, 7) is 1.35. The normalized spacial score (nSPS) is 11.5. The first kappa shape index (κ1) is 17.1. The van der Waals surface area contributed by atoms with Gasteiger partial charge in [-0.15, -0.1) is 0 Å². The third kappa shape index (κ3) is 4.16. The maximum Gasteiger partial charge on any atom is 0.436 e. The standard InChI is InChI=1S/C14H13ClF3N3O2/c1-8-12(15)13(14(16,17)18)20-21(8)6-5-11(23)19-9-3-2-4-10(22)7-9/h2-4,7,22H,5-6H2,1H3,(H,19,23). The number of halogens is 4. The van der Waals surface area contributed by atoms with Crippen molar-refractivity contribution in [2.45, 2.75) is 26.1 Å². The van der Waals surface area contributed by atoms with E-state index in [1.54, 1.807) is 12.1 Å². The molecule has 0 saturated heterocycles. The molecule has 0 bridgehead atoms. The number of benzene rings is 1. The minimum atomic E-state index is -4.64. The molecule has 0 unspecified atom stereocenters. The summed E-state index contributed by atoms with van der Waals surface area (Å²) < 4.78 is 39.2. The van der Waals surface area contributed by atoms with Crippen LogP contribution in [0.1, 0.15) is 17.8 Å². The van der Waals surface area contributed by atoms with E-state index >= 15 is 0 Å². The summed E-state index contributed by atoms with van der Waals surface area (Å²) in [5.74, 6) is -0.428. The highest BCUT2D eigenvalue weighted by molar-refractivity contribution is 6.31. The SMILES string of the molecule is Cc1c(Cl)c(C(F)(F)F)nn1CCC(=O)Nc1cccc(O)c1. The van der Waals surface area contributed by atoms with Crippen LogP contribution in [0.25, 0.3) is 0 Å². The summed E-state index contributed by atoms with van der Waals surface area (Å²) in [5.41, 5.74) is -0.629. The number of amides is 1. The first-order valence-corrected chi connectivity index (χ1v) is 6.95. The lowest BCUT2D eigenvalue weighted by atomic mass is 10.3. The van der Waals surface area contributed by atoms with Crippen LogP contribution in [0.5, 0.6) is 5.75 Å². The number of carbonyl (C=O) groups excluding carboxylic acids is 1. The lowest BCUT2D eigenvalue weighted by molar-refractivity contribution is -0.141. The van der Waals surface area contributed by atoms with Gasteiger partial charge in [-0.05, 0) is 19.1 Å². The predicted molar refractivity (Wildman–Crippen MR) is 78.3 cm³/mol. The Hall–Kier alpha value is -2.22.